The smallest absolute Gasteiger partial charge is 0.255 e. The monoisotopic (exact) mass is 353 g/mol. The minimum Gasteiger partial charge on any atom is -0.329 e. The van der Waals surface area contributed by atoms with Gasteiger partial charge in [-0.1, -0.05) is 31.6 Å². The molecule has 26 heavy (non-hydrogen) atoms. The molecule has 4 rings (SSSR count). The minimum atomic E-state index is -0.393. The highest BCUT2D eigenvalue weighted by atomic mass is 16.2. The molecule has 2 amide bonds. The van der Waals surface area contributed by atoms with E-state index in [2.05, 4.69) is 24.0 Å². The van der Waals surface area contributed by atoms with E-state index in [-0.39, 0.29) is 17.9 Å². The second-order valence-corrected chi connectivity index (χ2v) is 7.98. The van der Waals surface area contributed by atoms with E-state index in [4.69, 9.17) is 5.73 Å². The van der Waals surface area contributed by atoms with Crippen LogP contribution >= 0.6 is 0 Å². The Balaban J connectivity index is 1.49. The molecule has 2 aliphatic heterocycles. The number of fused-ring (bicyclic) bond motifs is 1. The Morgan fingerprint density at radius 1 is 1.19 bits per heavy atom. The van der Waals surface area contributed by atoms with E-state index in [1.807, 2.05) is 6.07 Å². The molecule has 1 saturated carbocycles. The molecule has 1 aliphatic carbocycles. The van der Waals surface area contributed by atoms with Crippen LogP contribution in [0.4, 0.5) is 0 Å². The zero-order valence-electron chi connectivity index (χ0n) is 15.2. The fraction of sp³-hybridized carbons (Fsp3) is 0.524. The molecule has 2 heterocycles. The SMILES string of the molecule is C=C1CCC(N2Cc3cc(C[C@H]4CCCC[C@@H]4N)ccc3C2=O)C(=O)N1. The van der Waals surface area contributed by atoms with Crippen LogP contribution in [0.15, 0.2) is 30.5 Å². The first-order valence-electron chi connectivity index (χ1n) is 9.70. The summed E-state index contributed by atoms with van der Waals surface area (Å²) in [6.07, 6.45) is 7.15. The average Bonchev–Trinajstić information content (AvgIpc) is 2.93. The van der Waals surface area contributed by atoms with Crippen molar-refractivity contribution < 1.29 is 9.59 Å². The van der Waals surface area contributed by atoms with Gasteiger partial charge < -0.3 is 16.0 Å². The van der Waals surface area contributed by atoms with Gasteiger partial charge in [-0.25, -0.2) is 0 Å². The molecule has 5 heteroatoms. The molecular weight excluding hydrogens is 326 g/mol. The van der Waals surface area contributed by atoms with Gasteiger partial charge in [0, 0.05) is 23.8 Å². The van der Waals surface area contributed by atoms with Gasteiger partial charge >= 0.3 is 0 Å². The average molecular weight is 353 g/mol. The van der Waals surface area contributed by atoms with Crippen LogP contribution in [-0.2, 0) is 17.8 Å². The topological polar surface area (TPSA) is 75.4 Å². The van der Waals surface area contributed by atoms with Gasteiger partial charge in [-0.2, -0.15) is 0 Å². The van der Waals surface area contributed by atoms with Crippen molar-refractivity contribution in [1.29, 1.82) is 0 Å². The number of allylic oxidation sites excluding steroid dienone is 1. The van der Waals surface area contributed by atoms with Crippen LogP contribution in [-0.4, -0.2) is 28.8 Å². The molecule has 3 aliphatic rings. The number of hydrogen-bond donors (Lipinski definition) is 2. The summed E-state index contributed by atoms with van der Waals surface area (Å²) in [5.74, 6) is 0.384. The molecule has 1 saturated heterocycles. The van der Waals surface area contributed by atoms with Crippen LogP contribution in [0.3, 0.4) is 0 Å². The summed E-state index contributed by atoms with van der Waals surface area (Å²) in [5, 5.41) is 2.78. The summed E-state index contributed by atoms with van der Waals surface area (Å²) in [6.45, 7) is 4.33. The maximum atomic E-state index is 12.8. The number of carbonyl (C=O) groups is 2. The lowest BCUT2D eigenvalue weighted by Crippen LogP contribution is -2.49. The lowest BCUT2D eigenvalue weighted by Gasteiger charge is -2.30. The molecule has 0 radical (unpaired) electrons. The van der Waals surface area contributed by atoms with Crippen LogP contribution in [0.1, 0.15) is 60.0 Å². The van der Waals surface area contributed by atoms with Crippen LogP contribution in [0, 0.1) is 5.92 Å². The van der Waals surface area contributed by atoms with Crippen molar-refractivity contribution in [1.82, 2.24) is 10.2 Å². The number of nitrogens with zero attached hydrogens (tertiary/aromatic N) is 1. The van der Waals surface area contributed by atoms with Crippen molar-refractivity contribution in [3.05, 3.63) is 47.2 Å². The Morgan fingerprint density at radius 2 is 2.00 bits per heavy atom. The molecule has 138 valence electrons. The molecule has 1 aromatic rings. The van der Waals surface area contributed by atoms with E-state index in [1.165, 1.54) is 24.8 Å². The molecule has 2 fully saturated rings. The third-order valence-electron chi connectivity index (χ3n) is 6.17. The van der Waals surface area contributed by atoms with Crippen molar-refractivity contribution in [3.63, 3.8) is 0 Å². The van der Waals surface area contributed by atoms with E-state index in [0.29, 0.717) is 18.9 Å². The summed E-state index contributed by atoms with van der Waals surface area (Å²) in [4.78, 5) is 26.8. The Kier molecular flexibility index (Phi) is 4.57. The number of nitrogens with one attached hydrogen (secondary N) is 1. The molecular formula is C21H27N3O2. The molecule has 1 aromatic carbocycles. The Morgan fingerprint density at radius 3 is 2.77 bits per heavy atom. The third kappa shape index (κ3) is 3.16. The first kappa shape index (κ1) is 17.3. The summed E-state index contributed by atoms with van der Waals surface area (Å²) in [5.41, 5.74) is 10.1. The summed E-state index contributed by atoms with van der Waals surface area (Å²) < 4.78 is 0. The highest BCUT2D eigenvalue weighted by Gasteiger charge is 2.38. The predicted molar refractivity (Wildman–Crippen MR) is 100 cm³/mol. The minimum absolute atomic E-state index is 0.0337. The zero-order valence-corrected chi connectivity index (χ0v) is 15.2. The molecule has 5 nitrogen and oxygen atoms in total. The zero-order chi connectivity index (χ0) is 18.3. The van der Waals surface area contributed by atoms with E-state index in [9.17, 15) is 9.59 Å². The number of carbonyl (C=O) groups excluding carboxylic acids is 2. The number of rotatable bonds is 3. The van der Waals surface area contributed by atoms with Gasteiger partial charge in [0.25, 0.3) is 5.91 Å². The van der Waals surface area contributed by atoms with Gasteiger partial charge in [0.2, 0.25) is 5.91 Å². The lowest BCUT2D eigenvalue weighted by molar-refractivity contribution is -0.126. The fourth-order valence-corrected chi connectivity index (χ4v) is 4.63. The second-order valence-electron chi connectivity index (χ2n) is 7.98. The summed E-state index contributed by atoms with van der Waals surface area (Å²) in [7, 11) is 0. The number of benzene rings is 1. The largest absolute Gasteiger partial charge is 0.329 e. The Hall–Kier alpha value is -2.14. The second kappa shape index (κ2) is 6.88. The van der Waals surface area contributed by atoms with Crippen molar-refractivity contribution in [2.24, 2.45) is 11.7 Å². The standard InChI is InChI=1S/C21H27N3O2/c1-13-6-9-19(20(25)23-13)24-12-16-11-14(7-8-17(16)21(24)26)10-15-4-2-3-5-18(15)22/h7-8,11,15,18-19H,1-6,9-10,12,22H2,(H,23,25)/t15-,18+,19?/m1/s1. The first-order valence-corrected chi connectivity index (χ1v) is 9.70. The highest BCUT2D eigenvalue weighted by Crippen LogP contribution is 2.31. The Labute approximate surface area is 154 Å². The van der Waals surface area contributed by atoms with E-state index >= 15 is 0 Å². The van der Waals surface area contributed by atoms with Gasteiger partial charge in [0.15, 0.2) is 0 Å². The van der Waals surface area contributed by atoms with Gasteiger partial charge in [0.05, 0.1) is 0 Å². The van der Waals surface area contributed by atoms with Crippen molar-refractivity contribution in [3.8, 4) is 0 Å². The molecule has 3 N–H and O–H groups in total. The van der Waals surface area contributed by atoms with E-state index in [0.717, 1.165) is 36.1 Å². The third-order valence-corrected chi connectivity index (χ3v) is 6.17. The van der Waals surface area contributed by atoms with E-state index in [1.54, 1.807) is 4.90 Å². The number of piperidine rings is 1. The molecule has 0 spiro atoms. The first-order chi connectivity index (χ1) is 12.5. The lowest BCUT2D eigenvalue weighted by atomic mass is 9.81. The number of amides is 2. The maximum Gasteiger partial charge on any atom is 0.255 e. The van der Waals surface area contributed by atoms with E-state index < -0.39 is 6.04 Å². The van der Waals surface area contributed by atoms with Crippen LogP contribution in [0.25, 0.3) is 0 Å². The summed E-state index contributed by atoms with van der Waals surface area (Å²) in [6, 6.07) is 6.03. The highest BCUT2D eigenvalue weighted by molar-refractivity contribution is 6.01. The normalized spacial score (nSPS) is 28.9. The van der Waals surface area contributed by atoms with Crippen LogP contribution < -0.4 is 11.1 Å². The van der Waals surface area contributed by atoms with Crippen LogP contribution in [0.5, 0.6) is 0 Å². The van der Waals surface area contributed by atoms with Crippen molar-refractivity contribution in [2.45, 2.75) is 63.6 Å². The van der Waals surface area contributed by atoms with Gasteiger partial charge in [-0.05, 0) is 55.2 Å². The maximum absolute atomic E-state index is 12.8. The Bertz CT molecular complexity index is 758. The van der Waals surface area contributed by atoms with Gasteiger partial charge in [-0.15, -0.1) is 0 Å². The van der Waals surface area contributed by atoms with Crippen LogP contribution in [0.2, 0.25) is 0 Å². The number of hydrogen-bond acceptors (Lipinski definition) is 3. The number of nitrogens with two attached hydrogens (primary N) is 1. The molecule has 0 aromatic heterocycles. The molecule has 0 bridgehead atoms. The van der Waals surface area contributed by atoms with Gasteiger partial charge in [0.1, 0.15) is 6.04 Å². The summed E-state index contributed by atoms with van der Waals surface area (Å²) >= 11 is 0. The molecule has 1 unspecified atom stereocenters. The quantitative estimate of drug-likeness (QED) is 0.877. The van der Waals surface area contributed by atoms with Gasteiger partial charge in [-0.3, -0.25) is 9.59 Å². The van der Waals surface area contributed by atoms with Crippen molar-refractivity contribution >= 4 is 11.8 Å². The van der Waals surface area contributed by atoms with Crippen molar-refractivity contribution in [2.75, 3.05) is 0 Å². The fourth-order valence-electron chi connectivity index (χ4n) is 4.63. The predicted octanol–water partition coefficient (Wildman–Crippen LogP) is 2.49. The molecule has 3 atom stereocenters.